The molecule has 1 rings (SSSR count). The Labute approximate surface area is 67.7 Å². The third-order valence-electron chi connectivity index (χ3n) is 1.90. The summed E-state index contributed by atoms with van der Waals surface area (Å²) < 4.78 is 0. The first kappa shape index (κ1) is 8.56. The van der Waals surface area contributed by atoms with Crippen molar-refractivity contribution in [3.05, 3.63) is 12.3 Å². The van der Waals surface area contributed by atoms with Crippen molar-refractivity contribution in [3.8, 4) is 0 Å². The lowest BCUT2D eigenvalue weighted by Crippen LogP contribution is -2.28. The van der Waals surface area contributed by atoms with Gasteiger partial charge in [0.25, 0.3) is 0 Å². The van der Waals surface area contributed by atoms with Crippen LogP contribution in [0.4, 0.5) is 0 Å². The molecule has 11 heavy (non-hydrogen) atoms. The van der Waals surface area contributed by atoms with Crippen LogP contribution in [0.1, 0.15) is 6.42 Å². The Bertz CT molecular complexity index is 117. The third-order valence-corrected chi connectivity index (χ3v) is 1.90. The van der Waals surface area contributed by atoms with Gasteiger partial charge in [0.05, 0.1) is 6.26 Å². The molecular formula is C8H16N2O. The fourth-order valence-corrected chi connectivity index (χ4v) is 1.28. The van der Waals surface area contributed by atoms with E-state index >= 15 is 0 Å². The fourth-order valence-electron chi connectivity index (χ4n) is 1.28. The smallest absolute Gasteiger partial charge is 0.0764 e. The largest absolute Gasteiger partial charge is 0.516 e. The molecule has 1 aliphatic rings. The molecule has 1 aliphatic heterocycles. The fraction of sp³-hybridized carbons (Fsp3) is 0.750. The highest BCUT2D eigenvalue weighted by molar-refractivity contribution is 4.78. The van der Waals surface area contributed by atoms with E-state index in [1.165, 1.54) is 6.42 Å². The van der Waals surface area contributed by atoms with Crippen LogP contribution in [0.25, 0.3) is 0 Å². The maximum Gasteiger partial charge on any atom is 0.0764 e. The Hall–Kier alpha value is -0.540. The zero-order chi connectivity index (χ0) is 7.94. The summed E-state index contributed by atoms with van der Waals surface area (Å²) in [4.78, 5) is 2.33. The summed E-state index contributed by atoms with van der Waals surface area (Å²) in [5.41, 5.74) is 0. The Morgan fingerprint density at radius 1 is 1.36 bits per heavy atom. The molecule has 0 aromatic rings. The Morgan fingerprint density at radius 2 is 2.27 bits per heavy atom. The van der Waals surface area contributed by atoms with Crippen LogP contribution in [0.3, 0.4) is 0 Å². The van der Waals surface area contributed by atoms with E-state index in [2.05, 4.69) is 10.2 Å². The molecule has 0 atom stereocenters. The number of nitrogens with zero attached hydrogens (tertiary/aromatic N) is 1. The molecule has 0 radical (unpaired) electrons. The molecule has 0 aromatic carbocycles. The summed E-state index contributed by atoms with van der Waals surface area (Å²) in [6.07, 6.45) is 4.11. The molecule has 0 unspecified atom stereocenters. The number of rotatable bonds is 2. The van der Waals surface area contributed by atoms with Crippen molar-refractivity contribution in [1.82, 2.24) is 10.2 Å². The van der Waals surface area contributed by atoms with Gasteiger partial charge in [0.2, 0.25) is 0 Å². The number of hydrogen-bond acceptors (Lipinski definition) is 3. The first-order valence-corrected chi connectivity index (χ1v) is 4.16. The molecule has 0 saturated carbocycles. The second-order valence-electron chi connectivity index (χ2n) is 2.79. The minimum Gasteiger partial charge on any atom is -0.516 e. The highest BCUT2D eigenvalue weighted by Gasteiger charge is 2.05. The Balaban J connectivity index is 2.19. The van der Waals surface area contributed by atoms with E-state index < -0.39 is 0 Å². The molecule has 0 amide bonds. The van der Waals surface area contributed by atoms with E-state index in [1.807, 2.05) is 0 Å². The number of nitrogens with one attached hydrogen (secondary N) is 1. The molecule has 3 nitrogen and oxygen atoms in total. The van der Waals surface area contributed by atoms with Crippen LogP contribution >= 0.6 is 0 Å². The van der Waals surface area contributed by atoms with Crippen molar-refractivity contribution in [2.45, 2.75) is 6.42 Å². The minimum atomic E-state index is 0.873. The summed E-state index contributed by atoms with van der Waals surface area (Å²) in [7, 11) is 0. The normalized spacial score (nSPS) is 22.2. The van der Waals surface area contributed by atoms with E-state index in [9.17, 15) is 0 Å². The van der Waals surface area contributed by atoms with Crippen LogP contribution in [0, 0.1) is 0 Å². The van der Waals surface area contributed by atoms with Gasteiger partial charge in [-0.2, -0.15) is 0 Å². The van der Waals surface area contributed by atoms with Gasteiger partial charge >= 0.3 is 0 Å². The lowest BCUT2D eigenvalue weighted by Gasteiger charge is -2.16. The van der Waals surface area contributed by atoms with Crippen LogP contribution in [0.2, 0.25) is 0 Å². The SMILES string of the molecule is OC=CCN1CCCNCC1. The number of aliphatic hydroxyl groups excluding tert-OH is 1. The molecule has 64 valence electrons. The molecule has 0 aliphatic carbocycles. The first-order valence-electron chi connectivity index (χ1n) is 4.16. The first-order chi connectivity index (χ1) is 5.43. The van der Waals surface area contributed by atoms with E-state index in [0.29, 0.717) is 0 Å². The highest BCUT2D eigenvalue weighted by Crippen LogP contribution is 1.94. The summed E-state index contributed by atoms with van der Waals surface area (Å²) in [6.45, 7) is 5.29. The summed E-state index contributed by atoms with van der Waals surface area (Å²) >= 11 is 0. The maximum atomic E-state index is 8.44. The van der Waals surface area contributed by atoms with Crippen molar-refractivity contribution >= 4 is 0 Å². The van der Waals surface area contributed by atoms with Gasteiger partial charge in [-0.05, 0) is 25.6 Å². The van der Waals surface area contributed by atoms with E-state index in [4.69, 9.17) is 5.11 Å². The van der Waals surface area contributed by atoms with Gasteiger partial charge in [-0.3, -0.25) is 4.90 Å². The molecule has 0 bridgehead atoms. The quantitative estimate of drug-likeness (QED) is 0.566. The van der Waals surface area contributed by atoms with Crippen LogP contribution in [0.15, 0.2) is 12.3 Å². The minimum absolute atomic E-state index is 0.873. The van der Waals surface area contributed by atoms with E-state index in [0.717, 1.165) is 39.0 Å². The summed E-state index contributed by atoms with van der Waals surface area (Å²) in [5, 5.41) is 11.8. The van der Waals surface area contributed by atoms with Crippen LogP contribution in [0.5, 0.6) is 0 Å². The predicted octanol–water partition coefficient (Wildman–Crippen LogP) is 0.353. The second kappa shape index (κ2) is 5.16. The summed E-state index contributed by atoms with van der Waals surface area (Å²) in [5.74, 6) is 0. The topological polar surface area (TPSA) is 35.5 Å². The summed E-state index contributed by atoms with van der Waals surface area (Å²) in [6, 6.07) is 0. The maximum absolute atomic E-state index is 8.44. The van der Waals surface area contributed by atoms with Crippen molar-refractivity contribution in [2.75, 3.05) is 32.7 Å². The predicted molar refractivity (Wildman–Crippen MR) is 45.7 cm³/mol. The average molecular weight is 156 g/mol. The highest BCUT2D eigenvalue weighted by atomic mass is 16.2. The lowest BCUT2D eigenvalue weighted by molar-refractivity contribution is 0.321. The number of aliphatic hydroxyl groups is 1. The molecule has 1 heterocycles. The molecule has 0 aromatic heterocycles. The second-order valence-corrected chi connectivity index (χ2v) is 2.79. The third kappa shape index (κ3) is 3.39. The van der Waals surface area contributed by atoms with Crippen LogP contribution in [-0.2, 0) is 0 Å². The molecule has 2 N–H and O–H groups in total. The average Bonchev–Trinajstić information content (AvgIpc) is 2.28. The van der Waals surface area contributed by atoms with Crippen molar-refractivity contribution < 1.29 is 5.11 Å². The molecule has 3 heteroatoms. The molecule has 1 saturated heterocycles. The van der Waals surface area contributed by atoms with Crippen molar-refractivity contribution in [1.29, 1.82) is 0 Å². The van der Waals surface area contributed by atoms with Gasteiger partial charge in [-0.1, -0.05) is 0 Å². The van der Waals surface area contributed by atoms with Gasteiger partial charge in [0, 0.05) is 19.6 Å². The Kier molecular flexibility index (Phi) is 4.01. The Morgan fingerprint density at radius 3 is 3.09 bits per heavy atom. The standard InChI is InChI=1S/C8H16N2O/c11-8-2-6-10-5-1-3-9-4-7-10/h2,8-9,11H,1,3-7H2. The zero-order valence-corrected chi connectivity index (χ0v) is 6.79. The molecule has 1 fully saturated rings. The molecule has 0 spiro atoms. The van der Waals surface area contributed by atoms with Gasteiger partial charge in [0.1, 0.15) is 0 Å². The van der Waals surface area contributed by atoms with Gasteiger partial charge < -0.3 is 10.4 Å². The van der Waals surface area contributed by atoms with Gasteiger partial charge in [-0.15, -0.1) is 0 Å². The van der Waals surface area contributed by atoms with Crippen LogP contribution in [-0.4, -0.2) is 42.7 Å². The van der Waals surface area contributed by atoms with Gasteiger partial charge in [0.15, 0.2) is 0 Å². The van der Waals surface area contributed by atoms with Crippen molar-refractivity contribution in [2.24, 2.45) is 0 Å². The van der Waals surface area contributed by atoms with Crippen molar-refractivity contribution in [3.63, 3.8) is 0 Å². The lowest BCUT2D eigenvalue weighted by atomic mass is 10.4. The van der Waals surface area contributed by atoms with Crippen LogP contribution < -0.4 is 5.32 Å². The van der Waals surface area contributed by atoms with E-state index in [1.54, 1.807) is 6.08 Å². The monoisotopic (exact) mass is 156 g/mol. The van der Waals surface area contributed by atoms with Gasteiger partial charge in [-0.25, -0.2) is 0 Å². The molecular weight excluding hydrogens is 140 g/mol. The number of hydrogen-bond donors (Lipinski definition) is 2. The zero-order valence-electron chi connectivity index (χ0n) is 6.79. The van der Waals surface area contributed by atoms with E-state index in [-0.39, 0.29) is 0 Å².